The van der Waals surface area contributed by atoms with Crippen molar-refractivity contribution in [2.75, 3.05) is 16.9 Å². The van der Waals surface area contributed by atoms with E-state index in [2.05, 4.69) is 10.3 Å². The van der Waals surface area contributed by atoms with Gasteiger partial charge < -0.3 is 14.8 Å². The third kappa shape index (κ3) is 2.89. The lowest BCUT2D eigenvalue weighted by atomic mass is 10.2. The van der Waals surface area contributed by atoms with Gasteiger partial charge in [0.2, 0.25) is 5.91 Å². The van der Waals surface area contributed by atoms with Crippen LogP contribution in [-0.2, 0) is 11.8 Å². The molecular weight excluding hydrogens is 320 g/mol. The zero-order valence-electron chi connectivity index (χ0n) is 12.3. The van der Waals surface area contributed by atoms with E-state index in [4.69, 9.17) is 0 Å². The zero-order chi connectivity index (χ0) is 15.7. The summed E-state index contributed by atoms with van der Waals surface area (Å²) in [6, 6.07) is 3.13. The minimum absolute atomic E-state index is 0.118. The van der Waals surface area contributed by atoms with Crippen LogP contribution in [0.5, 0.6) is 0 Å². The van der Waals surface area contributed by atoms with Crippen LogP contribution in [0.15, 0.2) is 24.5 Å². The van der Waals surface area contributed by atoms with E-state index in [0.29, 0.717) is 22.5 Å². The molecule has 2 aromatic heterocycles. The Labute approximate surface area is 136 Å². The topological polar surface area (TPSA) is 67.2 Å². The van der Waals surface area contributed by atoms with Crippen LogP contribution < -0.4 is 5.32 Å². The Morgan fingerprint density at radius 2 is 2.27 bits per heavy atom. The molecule has 0 saturated carbocycles. The van der Waals surface area contributed by atoms with E-state index in [1.165, 1.54) is 11.3 Å². The van der Waals surface area contributed by atoms with Gasteiger partial charge in [-0.05, 0) is 19.1 Å². The van der Waals surface area contributed by atoms with Gasteiger partial charge in [-0.3, -0.25) is 9.59 Å². The molecule has 3 rings (SSSR count). The summed E-state index contributed by atoms with van der Waals surface area (Å²) in [5.41, 5.74) is 0.588. The van der Waals surface area contributed by atoms with Gasteiger partial charge in [0.1, 0.15) is 11.7 Å². The lowest BCUT2D eigenvalue weighted by molar-refractivity contribution is -0.119. The van der Waals surface area contributed by atoms with E-state index in [-0.39, 0.29) is 11.8 Å². The summed E-state index contributed by atoms with van der Waals surface area (Å²) in [6.07, 6.45) is 3.54. The minimum atomic E-state index is -0.461. The average Bonchev–Trinajstić information content (AvgIpc) is 3.19. The van der Waals surface area contributed by atoms with E-state index in [1.54, 1.807) is 33.5 Å². The van der Waals surface area contributed by atoms with Gasteiger partial charge in [-0.2, -0.15) is 0 Å². The molecule has 1 fully saturated rings. The molecule has 1 saturated heterocycles. The molecule has 2 aromatic rings. The van der Waals surface area contributed by atoms with Gasteiger partial charge in [0.15, 0.2) is 5.13 Å². The van der Waals surface area contributed by atoms with Gasteiger partial charge in [0.05, 0.1) is 5.88 Å². The quantitative estimate of drug-likeness (QED) is 0.930. The second-order valence-electron chi connectivity index (χ2n) is 5.06. The van der Waals surface area contributed by atoms with Crippen molar-refractivity contribution in [3.8, 4) is 0 Å². The van der Waals surface area contributed by atoms with Crippen molar-refractivity contribution in [3.63, 3.8) is 0 Å². The molecular formula is C14H16N4O2S2. The zero-order valence-corrected chi connectivity index (χ0v) is 13.9. The maximum absolute atomic E-state index is 12.6. The van der Waals surface area contributed by atoms with Crippen molar-refractivity contribution in [2.24, 2.45) is 7.05 Å². The highest BCUT2D eigenvalue weighted by Gasteiger charge is 2.36. The first-order chi connectivity index (χ1) is 10.6. The third-order valence-corrected chi connectivity index (χ3v) is 5.30. The van der Waals surface area contributed by atoms with Crippen LogP contribution in [0.25, 0.3) is 0 Å². The standard InChI is InChI=1S/C14H16N4O2S2/c1-9-6-15-14(22-9)16-12(19)11-7-21-8-18(11)13(20)10-4-3-5-17(10)2/h3-6,11H,7-8H2,1-2H3,(H,15,16,19)/t11-/m1/s1. The Morgan fingerprint density at radius 1 is 1.45 bits per heavy atom. The summed E-state index contributed by atoms with van der Waals surface area (Å²) in [6.45, 7) is 1.93. The van der Waals surface area contributed by atoms with Gasteiger partial charge in [0.25, 0.3) is 5.91 Å². The number of nitrogens with zero attached hydrogens (tertiary/aromatic N) is 3. The highest BCUT2D eigenvalue weighted by atomic mass is 32.2. The van der Waals surface area contributed by atoms with Crippen molar-refractivity contribution in [1.29, 1.82) is 0 Å². The molecule has 3 heterocycles. The molecule has 2 amide bonds. The number of rotatable bonds is 3. The van der Waals surface area contributed by atoms with Crippen LogP contribution in [0.3, 0.4) is 0 Å². The van der Waals surface area contributed by atoms with E-state index >= 15 is 0 Å². The lowest BCUT2D eigenvalue weighted by Gasteiger charge is -2.22. The molecule has 1 N–H and O–H groups in total. The Kier molecular flexibility index (Phi) is 4.21. The number of carbonyl (C=O) groups excluding carboxylic acids is 2. The summed E-state index contributed by atoms with van der Waals surface area (Å²) in [7, 11) is 1.82. The van der Waals surface area contributed by atoms with Crippen LogP contribution in [0.4, 0.5) is 5.13 Å². The van der Waals surface area contributed by atoms with Gasteiger partial charge >= 0.3 is 0 Å². The average molecular weight is 336 g/mol. The number of aromatic nitrogens is 2. The number of carbonyl (C=O) groups is 2. The summed E-state index contributed by atoms with van der Waals surface area (Å²) in [4.78, 5) is 31.8. The molecule has 0 radical (unpaired) electrons. The number of amides is 2. The molecule has 8 heteroatoms. The van der Waals surface area contributed by atoms with Crippen LogP contribution in [0.2, 0.25) is 0 Å². The molecule has 0 aliphatic carbocycles. The molecule has 0 aromatic carbocycles. The first-order valence-corrected chi connectivity index (χ1v) is 8.76. The summed E-state index contributed by atoms with van der Waals surface area (Å²) < 4.78 is 1.77. The highest BCUT2D eigenvalue weighted by Crippen LogP contribution is 2.25. The number of hydrogen-bond acceptors (Lipinski definition) is 5. The second kappa shape index (κ2) is 6.13. The monoisotopic (exact) mass is 336 g/mol. The van der Waals surface area contributed by atoms with Gasteiger partial charge in [0, 0.05) is 30.1 Å². The van der Waals surface area contributed by atoms with E-state index in [0.717, 1.165) is 4.88 Å². The fraction of sp³-hybridized carbons (Fsp3) is 0.357. The molecule has 0 bridgehead atoms. The largest absolute Gasteiger partial charge is 0.347 e. The van der Waals surface area contributed by atoms with Crippen molar-refractivity contribution < 1.29 is 9.59 Å². The van der Waals surface area contributed by atoms with Crippen LogP contribution >= 0.6 is 23.1 Å². The predicted molar refractivity (Wildman–Crippen MR) is 88.2 cm³/mol. The molecule has 0 unspecified atom stereocenters. The van der Waals surface area contributed by atoms with Crippen molar-refractivity contribution in [2.45, 2.75) is 13.0 Å². The van der Waals surface area contributed by atoms with E-state index in [9.17, 15) is 9.59 Å². The lowest BCUT2D eigenvalue weighted by Crippen LogP contribution is -2.45. The first kappa shape index (κ1) is 15.1. The number of aryl methyl sites for hydroxylation is 2. The Bertz CT molecular complexity index is 709. The number of anilines is 1. The van der Waals surface area contributed by atoms with Crippen LogP contribution in [0, 0.1) is 6.92 Å². The highest BCUT2D eigenvalue weighted by molar-refractivity contribution is 7.99. The fourth-order valence-electron chi connectivity index (χ4n) is 2.29. The van der Waals surface area contributed by atoms with Crippen molar-refractivity contribution in [3.05, 3.63) is 35.1 Å². The third-order valence-electron chi connectivity index (χ3n) is 3.46. The smallest absolute Gasteiger partial charge is 0.271 e. The number of hydrogen-bond donors (Lipinski definition) is 1. The maximum atomic E-state index is 12.6. The normalized spacial score (nSPS) is 17.7. The molecule has 116 valence electrons. The molecule has 0 spiro atoms. The Hall–Kier alpha value is -1.80. The predicted octanol–water partition coefficient (Wildman–Crippen LogP) is 1.94. The molecule has 1 aliphatic heterocycles. The maximum Gasteiger partial charge on any atom is 0.271 e. The second-order valence-corrected chi connectivity index (χ2v) is 7.29. The van der Waals surface area contributed by atoms with Crippen molar-refractivity contribution in [1.82, 2.24) is 14.5 Å². The van der Waals surface area contributed by atoms with Gasteiger partial charge in [-0.1, -0.05) is 0 Å². The molecule has 6 nitrogen and oxygen atoms in total. The SMILES string of the molecule is Cc1cnc(NC(=O)[C@H]2CSCN2C(=O)c2cccn2C)s1. The van der Waals surface area contributed by atoms with E-state index in [1.807, 2.05) is 26.2 Å². The summed E-state index contributed by atoms with van der Waals surface area (Å²) in [5.74, 6) is 0.834. The summed E-state index contributed by atoms with van der Waals surface area (Å²) >= 11 is 3.01. The molecule has 22 heavy (non-hydrogen) atoms. The number of nitrogens with one attached hydrogen (secondary N) is 1. The minimum Gasteiger partial charge on any atom is -0.347 e. The Morgan fingerprint density at radius 3 is 2.91 bits per heavy atom. The first-order valence-electron chi connectivity index (χ1n) is 6.79. The molecule has 1 aliphatic rings. The van der Waals surface area contributed by atoms with E-state index < -0.39 is 6.04 Å². The van der Waals surface area contributed by atoms with Crippen molar-refractivity contribution >= 4 is 40.0 Å². The Balaban J connectivity index is 1.74. The van der Waals surface area contributed by atoms with Crippen LogP contribution in [-0.4, -0.2) is 43.9 Å². The molecule has 1 atom stereocenters. The summed E-state index contributed by atoms with van der Waals surface area (Å²) in [5, 5.41) is 3.38. The number of thioether (sulfide) groups is 1. The van der Waals surface area contributed by atoms with Gasteiger partial charge in [-0.15, -0.1) is 23.1 Å². The number of thiazole rings is 1. The van der Waals surface area contributed by atoms with Gasteiger partial charge in [-0.25, -0.2) is 4.98 Å². The fourth-order valence-corrected chi connectivity index (χ4v) is 4.11. The van der Waals surface area contributed by atoms with Crippen LogP contribution in [0.1, 0.15) is 15.4 Å².